The number of hydrazone groups is 1. The Morgan fingerprint density at radius 2 is 1.86 bits per heavy atom. The number of rotatable bonds is 7. The third-order valence-corrected chi connectivity index (χ3v) is 9.12. The summed E-state index contributed by atoms with van der Waals surface area (Å²) >= 11 is 0. The lowest BCUT2D eigenvalue weighted by atomic mass is 9.98. The van der Waals surface area contributed by atoms with Crippen LogP contribution in [-0.2, 0) is 13.2 Å². The molecule has 1 saturated carbocycles. The number of fused-ring (bicyclic) bond motifs is 2. The van der Waals surface area contributed by atoms with Gasteiger partial charge in [-0.15, -0.1) is 0 Å². The monoisotopic (exact) mass is 585 g/mol. The number of hydrogen-bond donors (Lipinski definition) is 2. The summed E-state index contributed by atoms with van der Waals surface area (Å²) in [6.45, 7) is 2.60. The van der Waals surface area contributed by atoms with Gasteiger partial charge in [-0.2, -0.15) is 5.10 Å². The molecule has 0 radical (unpaired) electrons. The molecule has 0 unspecified atom stereocenters. The van der Waals surface area contributed by atoms with Gasteiger partial charge in [-0.05, 0) is 85.7 Å². The van der Waals surface area contributed by atoms with Gasteiger partial charge in [-0.1, -0.05) is 24.3 Å². The molecule has 2 N–H and O–H groups in total. The number of aromatic nitrogens is 4. The van der Waals surface area contributed by atoms with E-state index in [0.29, 0.717) is 18.1 Å². The zero-order chi connectivity index (χ0) is 29.6. The Morgan fingerprint density at radius 1 is 0.977 bits per heavy atom. The number of H-pyrrole nitrogens is 1. The fourth-order valence-corrected chi connectivity index (χ4v) is 6.43. The molecule has 5 heterocycles. The molecule has 0 bridgehead atoms. The van der Waals surface area contributed by atoms with Crippen molar-refractivity contribution in [2.45, 2.75) is 50.9 Å². The summed E-state index contributed by atoms with van der Waals surface area (Å²) in [7, 11) is 2.15. The number of likely N-dealkylation sites (tertiary alicyclic amines) is 1. The first-order valence-corrected chi connectivity index (χ1v) is 15.5. The van der Waals surface area contributed by atoms with E-state index in [2.05, 4.69) is 45.1 Å². The van der Waals surface area contributed by atoms with E-state index in [9.17, 15) is 5.11 Å². The van der Waals surface area contributed by atoms with E-state index < -0.39 is 0 Å². The van der Waals surface area contributed by atoms with Crippen molar-refractivity contribution < 1.29 is 9.84 Å². The summed E-state index contributed by atoms with van der Waals surface area (Å²) in [5.41, 5.74) is 9.42. The molecule has 9 heteroatoms. The van der Waals surface area contributed by atoms with Gasteiger partial charge in [0.1, 0.15) is 23.8 Å². The molecular formula is C35H35N7O2. The van der Waals surface area contributed by atoms with Crippen molar-refractivity contribution in [1.29, 1.82) is 0 Å². The smallest absolute Gasteiger partial charge is 0.141 e. The number of piperidine rings is 1. The highest BCUT2D eigenvalue weighted by Gasteiger charge is 2.26. The molecule has 2 aromatic carbocycles. The average molecular weight is 586 g/mol. The first-order chi connectivity index (χ1) is 21.6. The Bertz CT molecular complexity index is 1850. The molecule has 8 rings (SSSR count). The van der Waals surface area contributed by atoms with Gasteiger partial charge in [0, 0.05) is 29.6 Å². The summed E-state index contributed by atoms with van der Waals surface area (Å²) < 4.78 is 6.19. The van der Waals surface area contributed by atoms with Crippen molar-refractivity contribution >= 4 is 22.9 Å². The van der Waals surface area contributed by atoms with Crippen molar-refractivity contribution in [3.05, 3.63) is 89.4 Å². The number of ether oxygens (including phenoxy) is 1. The lowest BCUT2D eigenvalue weighted by molar-refractivity contribution is 0.114. The number of aliphatic hydroxyl groups excluding tert-OH is 1. The van der Waals surface area contributed by atoms with Crippen molar-refractivity contribution in [1.82, 2.24) is 24.8 Å². The Balaban J connectivity index is 1.08. The summed E-state index contributed by atoms with van der Waals surface area (Å²) in [5, 5.41) is 18.3. The van der Waals surface area contributed by atoms with E-state index in [1.807, 2.05) is 47.6 Å². The standard InChI is InChI=1S/C35H35N7O2/c1-41-13-11-26(12-14-41)44-27-9-10-31(36-18-27)32-16-29-34(37-21-38-35(29)40-32)28-3-2-4-33(30(28)20-43)42-19-24-8-7-23(22-5-6-22)15-25(24)17-39-42/h2-4,7-10,15-18,21-22,26,43H,5-6,11-14,19-20H2,1H3,(H,37,38,40). The van der Waals surface area contributed by atoms with Crippen LogP contribution in [0.25, 0.3) is 33.7 Å². The minimum absolute atomic E-state index is 0.145. The van der Waals surface area contributed by atoms with E-state index in [1.165, 1.54) is 29.5 Å². The summed E-state index contributed by atoms with van der Waals surface area (Å²) in [4.78, 5) is 19.6. The molecule has 1 aliphatic carbocycles. The van der Waals surface area contributed by atoms with Crippen molar-refractivity contribution in [3.63, 3.8) is 0 Å². The van der Waals surface area contributed by atoms with Crippen LogP contribution >= 0.6 is 0 Å². The highest BCUT2D eigenvalue weighted by Crippen LogP contribution is 2.41. The van der Waals surface area contributed by atoms with Gasteiger partial charge in [0.2, 0.25) is 0 Å². The van der Waals surface area contributed by atoms with Gasteiger partial charge in [0.15, 0.2) is 0 Å². The molecule has 1 saturated heterocycles. The molecule has 44 heavy (non-hydrogen) atoms. The number of aromatic amines is 1. The Kier molecular flexibility index (Phi) is 6.84. The van der Waals surface area contributed by atoms with E-state index >= 15 is 0 Å². The molecular weight excluding hydrogens is 550 g/mol. The molecule has 5 aromatic rings. The second kappa shape index (κ2) is 11.2. The van der Waals surface area contributed by atoms with Crippen LogP contribution in [0.5, 0.6) is 5.75 Å². The number of pyridine rings is 1. The number of aliphatic hydroxyl groups is 1. The van der Waals surface area contributed by atoms with E-state index in [4.69, 9.17) is 14.8 Å². The van der Waals surface area contributed by atoms with Crippen LogP contribution in [0, 0.1) is 0 Å². The van der Waals surface area contributed by atoms with Crippen LogP contribution in [-0.4, -0.2) is 62.4 Å². The fraction of sp³-hybridized carbons (Fsp3) is 0.314. The minimum Gasteiger partial charge on any atom is -0.489 e. The second-order valence-corrected chi connectivity index (χ2v) is 12.2. The van der Waals surface area contributed by atoms with Crippen molar-refractivity contribution in [3.8, 4) is 28.4 Å². The Labute approximate surface area is 256 Å². The molecule has 0 spiro atoms. The van der Waals surface area contributed by atoms with E-state index in [-0.39, 0.29) is 12.7 Å². The molecule has 222 valence electrons. The molecule has 0 amide bonds. The molecule has 2 fully saturated rings. The van der Waals surface area contributed by atoms with Crippen LogP contribution < -0.4 is 9.75 Å². The number of anilines is 1. The maximum Gasteiger partial charge on any atom is 0.141 e. The van der Waals surface area contributed by atoms with Crippen LogP contribution in [0.4, 0.5) is 5.69 Å². The zero-order valence-electron chi connectivity index (χ0n) is 24.8. The van der Waals surface area contributed by atoms with Gasteiger partial charge in [-0.25, -0.2) is 9.97 Å². The van der Waals surface area contributed by atoms with Gasteiger partial charge < -0.3 is 19.7 Å². The van der Waals surface area contributed by atoms with Crippen LogP contribution in [0.3, 0.4) is 0 Å². The first-order valence-electron chi connectivity index (χ1n) is 15.5. The Hall–Kier alpha value is -4.60. The largest absolute Gasteiger partial charge is 0.489 e. The topological polar surface area (TPSA) is 103 Å². The number of benzene rings is 2. The minimum atomic E-state index is -0.145. The SMILES string of the molecule is CN1CCC(Oc2ccc(-c3cc4c(-c5cccc(N6Cc7ccc(C8CC8)cc7C=N6)c5CO)ncnc4[nH]3)nc2)CC1. The lowest BCUT2D eigenvalue weighted by Crippen LogP contribution is -2.35. The molecule has 9 nitrogen and oxygen atoms in total. The highest BCUT2D eigenvalue weighted by atomic mass is 16.5. The van der Waals surface area contributed by atoms with Gasteiger partial charge >= 0.3 is 0 Å². The summed E-state index contributed by atoms with van der Waals surface area (Å²) in [6.07, 6.45) is 10.1. The number of nitrogens with zero attached hydrogens (tertiary/aromatic N) is 6. The fourth-order valence-electron chi connectivity index (χ4n) is 6.43. The van der Waals surface area contributed by atoms with Crippen LogP contribution in [0.2, 0.25) is 0 Å². The normalized spacial score (nSPS) is 17.3. The van der Waals surface area contributed by atoms with Crippen LogP contribution in [0.15, 0.2) is 72.2 Å². The predicted molar refractivity (Wildman–Crippen MR) is 172 cm³/mol. The summed E-state index contributed by atoms with van der Waals surface area (Å²) in [5.74, 6) is 1.50. The molecule has 2 aliphatic heterocycles. The quantitative estimate of drug-likeness (QED) is 0.246. The summed E-state index contributed by atoms with van der Waals surface area (Å²) in [6, 6.07) is 18.8. The van der Waals surface area contributed by atoms with Crippen LogP contribution in [0.1, 0.15) is 53.9 Å². The first kappa shape index (κ1) is 27.0. The maximum atomic E-state index is 10.6. The zero-order valence-corrected chi connectivity index (χ0v) is 24.8. The third kappa shape index (κ3) is 5.12. The maximum absolute atomic E-state index is 10.6. The third-order valence-electron chi connectivity index (χ3n) is 9.12. The Morgan fingerprint density at radius 3 is 2.66 bits per heavy atom. The highest BCUT2D eigenvalue weighted by molar-refractivity contribution is 5.95. The van der Waals surface area contributed by atoms with Crippen molar-refractivity contribution in [2.24, 2.45) is 5.10 Å². The van der Waals surface area contributed by atoms with E-state index in [0.717, 1.165) is 71.0 Å². The number of hydrogen-bond acceptors (Lipinski definition) is 8. The molecule has 3 aromatic heterocycles. The van der Waals surface area contributed by atoms with E-state index in [1.54, 1.807) is 12.5 Å². The van der Waals surface area contributed by atoms with Crippen molar-refractivity contribution in [2.75, 3.05) is 25.1 Å². The number of nitrogens with one attached hydrogen (secondary N) is 1. The second-order valence-electron chi connectivity index (χ2n) is 12.2. The lowest BCUT2D eigenvalue weighted by Gasteiger charge is -2.29. The van der Waals surface area contributed by atoms with Gasteiger partial charge in [0.25, 0.3) is 0 Å². The molecule has 0 atom stereocenters. The van der Waals surface area contributed by atoms with Gasteiger partial charge in [-0.3, -0.25) is 9.99 Å². The average Bonchev–Trinajstić information content (AvgIpc) is 3.83. The predicted octanol–water partition coefficient (Wildman–Crippen LogP) is 5.88. The van der Waals surface area contributed by atoms with Gasteiger partial charge in [0.05, 0.1) is 48.3 Å². The molecule has 3 aliphatic rings.